The van der Waals surface area contributed by atoms with Crippen molar-refractivity contribution in [2.24, 2.45) is 0 Å². The topological polar surface area (TPSA) is 102 Å². The summed E-state index contributed by atoms with van der Waals surface area (Å²) in [6.07, 6.45) is 3.53. The number of imide groups is 1. The van der Waals surface area contributed by atoms with Crippen LogP contribution in [0.5, 0.6) is 0 Å². The smallest absolute Gasteiger partial charge is 0.321 e. The predicted molar refractivity (Wildman–Crippen MR) is 109 cm³/mol. The van der Waals surface area contributed by atoms with E-state index in [4.69, 9.17) is 4.42 Å². The first-order valence-corrected chi connectivity index (χ1v) is 10.2. The molecule has 29 heavy (non-hydrogen) atoms. The van der Waals surface area contributed by atoms with Gasteiger partial charge < -0.3 is 9.73 Å². The van der Waals surface area contributed by atoms with E-state index in [1.165, 1.54) is 11.8 Å². The minimum Gasteiger partial charge on any atom is -0.469 e. The molecule has 3 amide bonds. The number of hydrogen-bond acceptors (Lipinski definition) is 6. The van der Waals surface area contributed by atoms with Crippen molar-refractivity contribution in [3.05, 3.63) is 48.4 Å². The Morgan fingerprint density at radius 1 is 1.21 bits per heavy atom. The molecule has 0 spiro atoms. The highest BCUT2D eigenvalue weighted by atomic mass is 32.2. The Hall–Kier alpha value is -3.07. The number of benzene rings is 1. The Balaban J connectivity index is 1.58. The summed E-state index contributed by atoms with van der Waals surface area (Å²) in [4.78, 5) is 24.3. The fourth-order valence-electron chi connectivity index (χ4n) is 2.82. The lowest BCUT2D eigenvalue weighted by Gasteiger charge is -2.13. The largest absolute Gasteiger partial charge is 0.469 e. The minimum atomic E-state index is -0.537. The molecule has 1 unspecified atom stereocenters. The summed E-state index contributed by atoms with van der Waals surface area (Å²) in [6, 6.07) is 11.2. The van der Waals surface area contributed by atoms with Gasteiger partial charge in [-0.1, -0.05) is 30.0 Å². The molecule has 0 saturated heterocycles. The molecule has 1 aromatic carbocycles. The summed E-state index contributed by atoms with van der Waals surface area (Å²) >= 11 is 1.24. The van der Waals surface area contributed by atoms with Crippen LogP contribution in [0.2, 0.25) is 0 Å². The van der Waals surface area contributed by atoms with Crippen molar-refractivity contribution in [1.82, 2.24) is 25.4 Å². The van der Waals surface area contributed by atoms with Gasteiger partial charge in [0.15, 0.2) is 11.0 Å². The molecular weight excluding hydrogens is 390 g/mol. The Morgan fingerprint density at radius 3 is 2.62 bits per heavy atom. The van der Waals surface area contributed by atoms with Crippen molar-refractivity contribution in [3.8, 4) is 17.1 Å². The molecule has 8 nitrogen and oxygen atoms in total. The third-order valence-electron chi connectivity index (χ3n) is 4.55. The van der Waals surface area contributed by atoms with E-state index in [0.29, 0.717) is 11.0 Å². The van der Waals surface area contributed by atoms with Crippen molar-refractivity contribution < 1.29 is 14.0 Å². The van der Waals surface area contributed by atoms with Crippen LogP contribution < -0.4 is 10.6 Å². The summed E-state index contributed by atoms with van der Waals surface area (Å²) in [6.45, 7) is 3.60. The molecule has 0 bridgehead atoms. The van der Waals surface area contributed by atoms with Gasteiger partial charge in [0, 0.05) is 11.7 Å². The molecule has 1 fully saturated rings. The van der Waals surface area contributed by atoms with Crippen LogP contribution in [0, 0.1) is 6.92 Å². The van der Waals surface area contributed by atoms with Crippen LogP contribution in [0.1, 0.15) is 25.5 Å². The predicted octanol–water partition coefficient (Wildman–Crippen LogP) is 3.30. The van der Waals surface area contributed by atoms with Gasteiger partial charge in [-0.3, -0.25) is 14.7 Å². The van der Waals surface area contributed by atoms with Crippen molar-refractivity contribution in [2.45, 2.75) is 43.1 Å². The van der Waals surface area contributed by atoms with Gasteiger partial charge in [-0.15, -0.1) is 10.2 Å². The van der Waals surface area contributed by atoms with E-state index in [9.17, 15) is 9.59 Å². The zero-order valence-corrected chi connectivity index (χ0v) is 16.9. The van der Waals surface area contributed by atoms with Crippen molar-refractivity contribution in [1.29, 1.82) is 0 Å². The molecular formula is C20H21N5O3S. The number of furan rings is 1. The first-order valence-electron chi connectivity index (χ1n) is 9.36. The average Bonchev–Trinajstić information content (AvgIpc) is 3.26. The van der Waals surface area contributed by atoms with Crippen LogP contribution in [-0.2, 0) is 4.79 Å². The summed E-state index contributed by atoms with van der Waals surface area (Å²) in [5.41, 5.74) is 1.70. The monoisotopic (exact) mass is 411 g/mol. The molecule has 1 saturated carbocycles. The lowest BCUT2D eigenvalue weighted by atomic mass is 10.2. The maximum atomic E-state index is 12.4. The van der Waals surface area contributed by atoms with Crippen LogP contribution in [0.4, 0.5) is 4.79 Å². The van der Waals surface area contributed by atoms with E-state index < -0.39 is 11.3 Å². The molecule has 3 aromatic rings. The van der Waals surface area contributed by atoms with Crippen LogP contribution in [0.25, 0.3) is 17.1 Å². The summed E-state index contributed by atoms with van der Waals surface area (Å²) in [5, 5.41) is 13.8. The number of aromatic nitrogens is 3. The number of aryl methyl sites for hydroxylation is 1. The number of urea groups is 1. The molecule has 2 N–H and O–H groups in total. The Morgan fingerprint density at radius 2 is 1.97 bits per heavy atom. The Kier molecular flexibility index (Phi) is 5.39. The molecule has 0 aliphatic heterocycles. The third kappa shape index (κ3) is 4.34. The van der Waals surface area contributed by atoms with E-state index in [1.54, 1.807) is 13.2 Å². The van der Waals surface area contributed by atoms with Gasteiger partial charge in [0.05, 0.1) is 17.1 Å². The second kappa shape index (κ2) is 8.12. The number of thioether (sulfide) groups is 1. The number of hydrogen-bond donors (Lipinski definition) is 2. The SMILES string of the molecule is Cc1occc1-c1nnc(SC(C)C(=O)NC(=O)NC2CC2)n1-c1ccccc1. The third-order valence-corrected chi connectivity index (χ3v) is 5.59. The number of carbonyl (C=O) groups is 2. The fraction of sp³-hybridized carbons (Fsp3) is 0.300. The maximum absolute atomic E-state index is 12.4. The fourth-order valence-corrected chi connectivity index (χ4v) is 3.69. The molecule has 9 heteroatoms. The van der Waals surface area contributed by atoms with E-state index in [1.807, 2.05) is 47.9 Å². The molecule has 4 rings (SSSR count). The Bertz CT molecular complexity index is 1030. The molecule has 2 heterocycles. The summed E-state index contributed by atoms with van der Waals surface area (Å²) in [5.74, 6) is 0.981. The Labute approximate surface area is 172 Å². The standard InChI is InChI=1S/C20H21N5O3S/c1-12-16(10-11-28-12)17-23-24-20(25(17)15-6-4-3-5-7-15)29-13(2)18(26)22-19(27)21-14-8-9-14/h3-7,10-11,13-14H,8-9H2,1-2H3,(H2,21,22,26,27). The average molecular weight is 411 g/mol. The molecule has 1 aliphatic carbocycles. The van der Waals surface area contributed by atoms with Crippen LogP contribution >= 0.6 is 11.8 Å². The van der Waals surface area contributed by atoms with Crippen molar-refractivity contribution in [3.63, 3.8) is 0 Å². The van der Waals surface area contributed by atoms with Gasteiger partial charge in [0.25, 0.3) is 0 Å². The molecule has 150 valence electrons. The summed E-state index contributed by atoms with van der Waals surface area (Å²) < 4.78 is 7.31. The van der Waals surface area contributed by atoms with Gasteiger partial charge in [0.2, 0.25) is 5.91 Å². The zero-order chi connectivity index (χ0) is 20.4. The maximum Gasteiger partial charge on any atom is 0.321 e. The molecule has 0 radical (unpaired) electrons. The van der Waals surface area contributed by atoms with Gasteiger partial charge in [-0.25, -0.2) is 4.79 Å². The normalized spacial score (nSPS) is 14.4. The van der Waals surface area contributed by atoms with E-state index in [2.05, 4.69) is 20.8 Å². The van der Waals surface area contributed by atoms with Crippen molar-refractivity contribution >= 4 is 23.7 Å². The van der Waals surface area contributed by atoms with Crippen molar-refractivity contribution in [2.75, 3.05) is 0 Å². The molecule has 1 atom stereocenters. The van der Waals surface area contributed by atoms with E-state index in [0.717, 1.165) is 29.9 Å². The number of nitrogens with one attached hydrogen (secondary N) is 2. The number of carbonyl (C=O) groups excluding carboxylic acids is 2. The zero-order valence-electron chi connectivity index (χ0n) is 16.1. The highest BCUT2D eigenvalue weighted by Crippen LogP contribution is 2.31. The van der Waals surface area contributed by atoms with Gasteiger partial charge in [-0.2, -0.15) is 0 Å². The van der Waals surface area contributed by atoms with Gasteiger partial charge in [-0.05, 0) is 44.9 Å². The van der Waals surface area contributed by atoms with E-state index >= 15 is 0 Å². The second-order valence-corrected chi connectivity index (χ2v) is 8.17. The lowest BCUT2D eigenvalue weighted by molar-refractivity contribution is -0.119. The van der Waals surface area contributed by atoms with Crippen LogP contribution in [0.15, 0.2) is 52.2 Å². The quantitative estimate of drug-likeness (QED) is 0.604. The molecule has 1 aliphatic rings. The van der Waals surface area contributed by atoms with Gasteiger partial charge >= 0.3 is 6.03 Å². The highest BCUT2D eigenvalue weighted by Gasteiger charge is 2.27. The number of amides is 3. The number of para-hydroxylation sites is 1. The first-order chi connectivity index (χ1) is 14.0. The highest BCUT2D eigenvalue weighted by molar-refractivity contribution is 8.00. The molecule has 2 aromatic heterocycles. The number of rotatable bonds is 6. The summed E-state index contributed by atoms with van der Waals surface area (Å²) in [7, 11) is 0. The van der Waals surface area contributed by atoms with Crippen LogP contribution in [-0.4, -0.2) is 38.0 Å². The first kappa shape index (κ1) is 19.3. The van der Waals surface area contributed by atoms with Crippen LogP contribution in [0.3, 0.4) is 0 Å². The minimum absolute atomic E-state index is 0.188. The number of nitrogens with zero attached hydrogens (tertiary/aromatic N) is 3. The second-order valence-electron chi connectivity index (χ2n) is 6.86. The van der Waals surface area contributed by atoms with E-state index in [-0.39, 0.29) is 11.9 Å². The lowest BCUT2D eigenvalue weighted by Crippen LogP contribution is -2.43. The van der Waals surface area contributed by atoms with Gasteiger partial charge in [0.1, 0.15) is 5.76 Å².